The molecule has 5 rings (SSSR count). The maximum absolute atomic E-state index is 13.6. The molecule has 1 amide bonds. The van der Waals surface area contributed by atoms with Crippen molar-refractivity contribution in [1.29, 1.82) is 0 Å². The third-order valence-electron chi connectivity index (χ3n) is 5.61. The summed E-state index contributed by atoms with van der Waals surface area (Å²) in [5.74, 6) is -0.332. The van der Waals surface area contributed by atoms with Crippen LogP contribution in [0.15, 0.2) is 103 Å². The summed E-state index contributed by atoms with van der Waals surface area (Å²) in [6, 6.07) is 30.3. The predicted molar refractivity (Wildman–Crippen MR) is 133 cm³/mol. The van der Waals surface area contributed by atoms with Crippen molar-refractivity contribution < 1.29 is 18.0 Å². The number of thiazole rings is 1. The monoisotopic (exact) mass is 488 g/mol. The average molecular weight is 489 g/mol. The second kappa shape index (κ2) is 9.35. The SMILES string of the molecule is O=C(c1ccc(-c2ccccc2)cc1)N(Cc1ccccc1)c1nc2c(C(F)(F)F)cccc2s1. The highest BCUT2D eigenvalue weighted by molar-refractivity contribution is 7.22. The van der Waals surface area contributed by atoms with Gasteiger partial charge in [-0.05, 0) is 41.0 Å². The van der Waals surface area contributed by atoms with Gasteiger partial charge < -0.3 is 0 Å². The molecule has 0 saturated heterocycles. The standard InChI is InChI=1S/C28H19F3N2OS/c29-28(30,31)23-12-7-13-24-25(23)32-27(35-24)33(18-19-8-3-1-4-9-19)26(34)22-16-14-21(15-17-22)20-10-5-2-6-11-20/h1-17H,18H2. The fraction of sp³-hybridized carbons (Fsp3) is 0.0714. The molecule has 35 heavy (non-hydrogen) atoms. The zero-order valence-electron chi connectivity index (χ0n) is 18.4. The van der Waals surface area contributed by atoms with E-state index in [9.17, 15) is 18.0 Å². The number of rotatable bonds is 5. The van der Waals surface area contributed by atoms with E-state index >= 15 is 0 Å². The van der Waals surface area contributed by atoms with Gasteiger partial charge in [0.05, 0.1) is 22.3 Å². The van der Waals surface area contributed by atoms with Crippen LogP contribution in [-0.2, 0) is 12.7 Å². The van der Waals surface area contributed by atoms with Crippen LogP contribution in [0.1, 0.15) is 21.5 Å². The number of para-hydroxylation sites is 1. The lowest BCUT2D eigenvalue weighted by Gasteiger charge is -2.20. The van der Waals surface area contributed by atoms with Crippen LogP contribution in [0.25, 0.3) is 21.3 Å². The average Bonchev–Trinajstić information content (AvgIpc) is 3.31. The number of carbonyl (C=O) groups is 1. The summed E-state index contributed by atoms with van der Waals surface area (Å²) in [6.45, 7) is 0.182. The lowest BCUT2D eigenvalue weighted by atomic mass is 10.0. The van der Waals surface area contributed by atoms with Gasteiger partial charge in [0, 0.05) is 5.56 Å². The Bertz CT molecular complexity index is 1460. The largest absolute Gasteiger partial charge is 0.418 e. The summed E-state index contributed by atoms with van der Waals surface area (Å²) in [5.41, 5.74) is 2.31. The molecule has 1 heterocycles. The van der Waals surface area contributed by atoms with Gasteiger partial charge >= 0.3 is 6.18 Å². The summed E-state index contributed by atoms with van der Waals surface area (Å²) < 4.78 is 41.1. The van der Waals surface area contributed by atoms with Crippen LogP contribution in [0.2, 0.25) is 0 Å². The Hall–Kier alpha value is -3.97. The minimum absolute atomic E-state index is 0.148. The number of aromatic nitrogens is 1. The molecule has 0 aliphatic carbocycles. The van der Waals surface area contributed by atoms with Crippen LogP contribution in [-0.4, -0.2) is 10.9 Å². The van der Waals surface area contributed by atoms with E-state index < -0.39 is 11.7 Å². The minimum Gasteiger partial charge on any atom is -0.279 e. The Kier molecular flexibility index (Phi) is 6.09. The van der Waals surface area contributed by atoms with Crippen molar-refractivity contribution in [3.63, 3.8) is 0 Å². The van der Waals surface area contributed by atoms with Gasteiger partial charge in [0.1, 0.15) is 0 Å². The minimum atomic E-state index is -4.54. The number of halogens is 3. The number of hydrogen-bond donors (Lipinski definition) is 0. The number of benzene rings is 4. The van der Waals surface area contributed by atoms with Gasteiger partial charge in [-0.15, -0.1) is 0 Å². The molecule has 0 bridgehead atoms. The van der Waals surface area contributed by atoms with Crippen molar-refractivity contribution in [3.05, 3.63) is 120 Å². The highest BCUT2D eigenvalue weighted by Gasteiger charge is 2.34. The van der Waals surface area contributed by atoms with Crippen LogP contribution < -0.4 is 4.90 Å². The van der Waals surface area contributed by atoms with Gasteiger partial charge in [-0.2, -0.15) is 13.2 Å². The van der Waals surface area contributed by atoms with E-state index in [1.807, 2.05) is 72.8 Å². The summed E-state index contributed by atoms with van der Waals surface area (Å²) in [5, 5.41) is 0.220. The molecule has 0 N–H and O–H groups in total. The molecule has 0 atom stereocenters. The second-order valence-corrected chi connectivity index (χ2v) is 8.98. The maximum atomic E-state index is 13.6. The summed E-state index contributed by atoms with van der Waals surface area (Å²) in [6.07, 6.45) is -4.54. The molecule has 4 aromatic carbocycles. The van der Waals surface area contributed by atoms with Gasteiger partial charge in [-0.25, -0.2) is 4.98 Å². The highest BCUT2D eigenvalue weighted by Crippen LogP contribution is 2.39. The summed E-state index contributed by atoms with van der Waals surface area (Å²) >= 11 is 1.07. The first kappa shape index (κ1) is 22.8. The number of carbonyl (C=O) groups excluding carboxylic acids is 1. The maximum Gasteiger partial charge on any atom is 0.418 e. The van der Waals surface area contributed by atoms with Gasteiger partial charge in [-0.3, -0.25) is 9.69 Å². The van der Waals surface area contributed by atoms with Crippen LogP contribution in [0.5, 0.6) is 0 Å². The molecule has 0 spiro atoms. The molecule has 0 aliphatic heterocycles. The second-order valence-electron chi connectivity index (χ2n) is 7.97. The molecule has 0 aliphatic rings. The van der Waals surface area contributed by atoms with E-state index in [2.05, 4.69) is 4.98 Å². The van der Waals surface area contributed by atoms with Crippen molar-refractivity contribution in [2.45, 2.75) is 12.7 Å². The van der Waals surface area contributed by atoms with Crippen molar-refractivity contribution in [2.75, 3.05) is 4.90 Å². The lowest BCUT2D eigenvalue weighted by Crippen LogP contribution is -2.30. The zero-order chi connectivity index (χ0) is 24.4. The zero-order valence-corrected chi connectivity index (χ0v) is 19.2. The van der Waals surface area contributed by atoms with Gasteiger partial charge in [-0.1, -0.05) is 90.2 Å². The van der Waals surface area contributed by atoms with Crippen molar-refractivity contribution in [2.24, 2.45) is 0 Å². The predicted octanol–water partition coefficient (Wildman–Crippen LogP) is 7.83. The smallest absolute Gasteiger partial charge is 0.279 e. The molecule has 0 radical (unpaired) electrons. The fourth-order valence-electron chi connectivity index (χ4n) is 3.87. The first-order valence-electron chi connectivity index (χ1n) is 10.9. The molecule has 0 saturated carbocycles. The molecule has 7 heteroatoms. The third-order valence-corrected chi connectivity index (χ3v) is 6.66. The number of alkyl halides is 3. The molecular formula is C28H19F3N2OS. The number of amides is 1. The van der Waals surface area contributed by atoms with Crippen molar-refractivity contribution in [3.8, 4) is 11.1 Å². The summed E-state index contributed by atoms with van der Waals surface area (Å²) in [7, 11) is 0. The molecular weight excluding hydrogens is 469 g/mol. The van der Waals surface area contributed by atoms with E-state index in [-0.39, 0.29) is 23.1 Å². The Balaban J connectivity index is 1.54. The molecule has 0 fully saturated rings. The lowest BCUT2D eigenvalue weighted by molar-refractivity contribution is -0.136. The highest BCUT2D eigenvalue weighted by atomic mass is 32.1. The van der Waals surface area contributed by atoms with Crippen LogP contribution in [0.4, 0.5) is 18.3 Å². The number of nitrogens with zero attached hydrogens (tertiary/aromatic N) is 2. The number of fused-ring (bicyclic) bond motifs is 1. The van der Waals surface area contributed by atoms with Crippen LogP contribution in [0, 0.1) is 0 Å². The molecule has 0 unspecified atom stereocenters. The van der Waals surface area contributed by atoms with Crippen molar-refractivity contribution in [1.82, 2.24) is 4.98 Å². The molecule has 174 valence electrons. The number of anilines is 1. The molecule has 3 nitrogen and oxygen atoms in total. The van der Waals surface area contributed by atoms with E-state index in [0.29, 0.717) is 10.3 Å². The van der Waals surface area contributed by atoms with E-state index in [1.54, 1.807) is 18.2 Å². The molecule has 5 aromatic rings. The van der Waals surface area contributed by atoms with E-state index in [0.717, 1.165) is 34.1 Å². The first-order chi connectivity index (χ1) is 16.9. The molecule has 1 aromatic heterocycles. The Morgan fingerprint density at radius 3 is 2.06 bits per heavy atom. The van der Waals surface area contributed by atoms with E-state index in [1.165, 1.54) is 11.0 Å². The fourth-order valence-corrected chi connectivity index (χ4v) is 4.86. The van der Waals surface area contributed by atoms with Crippen molar-refractivity contribution >= 4 is 32.6 Å². The third kappa shape index (κ3) is 4.81. The van der Waals surface area contributed by atoms with Crippen LogP contribution in [0.3, 0.4) is 0 Å². The first-order valence-corrected chi connectivity index (χ1v) is 11.7. The summed E-state index contributed by atoms with van der Waals surface area (Å²) in [4.78, 5) is 19.4. The Morgan fingerprint density at radius 2 is 1.40 bits per heavy atom. The topological polar surface area (TPSA) is 33.2 Å². The van der Waals surface area contributed by atoms with Gasteiger partial charge in [0.15, 0.2) is 5.13 Å². The number of hydrogen-bond acceptors (Lipinski definition) is 3. The Morgan fingerprint density at radius 1 is 0.771 bits per heavy atom. The van der Waals surface area contributed by atoms with Gasteiger partial charge in [0.25, 0.3) is 5.91 Å². The quantitative estimate of drug-likeness (QED) is 0.253. The van der Waals surface area contributed by atoms with Gasteiger partial charge in [0.2, 0.25) is 0 Å². The van der Waals surface area contributed by atoms with E-state index in [4.69, 9.17) is 0 Å². The Labute approximate surface area is 204 Å². The normalized spacial score (nSPS) is 11.5. The van der Waals surface area contributed by atoms with Crippen LogP contribution >= 0.6 is 11.3 Å².